The van der Waals surface area contributed by atoms with Gasteiger partial charge < -0.3 is 5.11 Å². The van der Waals surface area contributed by atoms with Crippen LogP contribution in [-0.2, 0) is 4.79 Å². The van der Waals surface area contributed by atoms with Crippen molar-refractivity contribution in [3.05, 3.63) is 70.7 Å². The maximum Gasteiger partial charge on any atom is 0.311 e. The number of carbonyl (C=O) groups is 2. The average Bonchev–Trinajstić information content (AvgIpc) is 2.45. The molecule has 0 heterocycles. The summed E-state index contributed by atoms with van der Waals surface area (Å²) in [6.07, 6.45) is -0.0836. The fraction of sp³-hybridized carbons (Fsp3) is 0.125. The van der Waals surface area contributed by atoms with E-state index in [1.54, 1.807) is 48.5 Å². The van der Waals surface area contributed by atoms with Gasteiger partial charge in [-0.15, -0.1) is 0 Å². The number of Topliss-reactive ketones (excluding diaryl/α,β-unsaturated/α-hetero) is 1. The molecule has 0 aliphatic heterocycles. The lowest BCUT2D eigenvalue weighted by Crippen LogP contribution is -2.16. The normalized spacial score (nSPS) is 11.8. The van der Waals surface area contributed by atoms with Gasteiger partial charge in [-0.3, -0.25) is 9.59 Å². The first kappa shape index (κ1) is 14.3. The number of aliphatic carboxylic acids is 1. The van der Waals surface area contributed by atoms with Gasteiger partial charge in [-0.2, -0.15) is 0 Å². The van der Waals surface area contributed by atoms with Crippen molar-refractivity contribution < 1.29 is 14.7 Å². The van der Waals surface area contributed by atoms with Crippen molar-refractivity contribution in [3.8, 4) is 0 Å². The standard InChI is InChI=1S/C16H13ClO3/c17-13-8-4-7-12(9-13)14(16(19)20)10-15(18)11-5-2-1-3-6-11/h1-9,14H,10H2,(H,19,20)/t14-/m0/s1. The van der Waals surface area contributed by atoms with E-state index < -0.39 is 11.9 Å². The maximum atomic E-state index is 12.1. The molecule has 102 valence electrons. The highest BCUT2D eigenvalue weighted by Gasteiger charge is 2.24. The van der Waals surface area contributed by atoms with Crippen LogP contribution in [0.5, 0.6) is 0 Å². The van der Waals surface area contributed by atoms with Gasteiger partial charge in [0.2, 0.25) is 0 Å². The van der Waals surface area contributed by atoms with Crippen LogP contribution in [0.4, 0.5) is 0 Å². The lowest BCUT2D eigenvalue weighted by Gasteiger charge is -2.12. The highest BCUT2D eigenvalue weighted by Crippen LogP contribution is 2.24. The Morgan fingerprint density at radius 2 is 1.75 bits per heavy atom. The predicted molar refractivity (Wildman–Crippen MR) is 77.2 cm³/mol. The molecule has 0 radical (unpaired) electrons. The molecule has 0 spiro atoms. The first-order chi connectivity index (χ1) is 9.58. The quantitative estimate of drug-likeness (QED) is 0.852. The van der Waals surface area contributed by atoms with E-state index in [0.717, 1.165) is 0 Å². The van der Waals surface area contributed by atoms with Gasteiger partial charge in [0, 0.05) is 17.0 Å². The Kier molecular flexibility index (Phi) is 4.53. The van der Waals surface area contributed by atoms with E-state index in [1.807, 2.05) is 6.07 Å². The fourth-order valence-corrected chi connectivity index (χ4v) is 2.20. The molecule has 0 saturated heterocycles. The molecule has 1 N–H and O–H groups in total. The first-order valence-corrected chi connectivity index (χ1v) is 6.52. The third-order valence-electron chi connectivity index (χ3n) is 3.03. The molecule has 0 bridgehead atoms. The van der Waals surface area contributed by atoms with Crippen LogP contribution >= 0.6 is 11.6 Å². The molecule has 2 rings (SSSR count). The molecule has 0 unspecified atom stereocenters. The molecular formula is C16H13ClO3. The fourth-order valence-electron chi connectivity index (χ4n) is 2.00. The molecule has 4 heteroatoms. The van der Waals surface area contributed by atoms with Gasteiger partial charge in [0.25, 0.3) is 0 Å². The minimum atomic E-state index is -1.03. The molecule has 0 saturated carbocycles. The predicted octanol–water partition coefficient (Wildman–Crippen LogP) is 3.78. The number of hydrogen-bond acceptors (Lipinski definition) is 2. The van der Waals surface area contributed by atoms with Gasteiger partial charge >= 0.3 is 5.97 Å². The van der Waals surface area contributed by atoms with Gasteiger partial charge in [0.15, 0.2) is 5.78 Å². The highest BCUT2D eigenvalue weighted by atomic mass is 35.5. The van der Waals surface area contributed by atoms with Gasteiger partial charge in [0.05, 0.1) is 5.92 Å². The highest BCUT2D eigenvalue weighted by molar-refractivity contribution is 6.30. The minimum Gasteiger partial charge on any atom is -0.481 e. The molecule has 0 amide bonds. The second-order valence-corrected chi connectivity index (χ2v) is 4.88. The third-order valence-corrected chi connectivity index (χ3v) is 3.27. The Balaban J connectivity index is 2.23. The van der Waals surface area contributed by atoms with Crippen LogP contribution in [0, 0.1) is 0 Å². The lowest BCUT2D eigenvalue weighted by molar-refractivity contribution is -0.138. The maximum absolute atomic E-state index is 12.1. The van der Waals surface area contributed by atoms with Crippen molar-refractivity contribution in [2.45, 2.75) is 12.3 Å². The van der Waals surface area contributed by atoms with Crippen molar-refractivity contribution in [1.29, 1.82) is 0 Å². The summed E-state index contributed by atoms with van der Waals surface area (Å²) in [7, 11) is 0. The largest absolute Gasteiger partial charge is 0.481 e. The SMILES string of the molecule is O=C(C[C@H](C(=O)O)c1cccc(Cl)c1)c1ccccc1. The summed E-state index contributed by atoms with van der Waals surface area (Å²) in [5.41, 5.74) is 1.05. The van der Waals surface area contributed by atoms with Gasteiger partial charge in [-0.25, -0.2) is 0 Å². The number of rotatable bonds is 5. The molecule has 0 aliphatic rings. The number of carbonyl (C=O) groups excluding carboxylic acids is 1. The van der Waals surface area contributed by atoms with Crippen molar-refractivity contribution in [2.24, 2.45) is 0 Å². The van der Waals surface area contributed by atoms with Crippen molar-refractivity contribution >= 4 is 23.4 Å². The van der Waals surface area contributed by atoms with Crippen molar-refractivity contribution in [3.63, 3.8) is 0 Å². The van der Waals surface area contributed by atoms with E-state index in [-0.39, 0.29) is 12.2 Å². The second kappa shape index (κ2) is 6.35. The molecule has 3 nitrogen and oxygen atoms in total. The molecule has 0 aromatic heterocycles. The topological polar surface area (TPSA) is 54.4 Å². The Hall–Kier alpha value is -2.13. The van der Waals surface area contributed by atoms with Crippen LogP contribution in [-0.4, -0.2) is 16.9 Å². The van der Waals surface area contributed by atoms with Crippen LogP contribution in [0.15, 0.2) is 54.6 Å². The van der Waals surface area contributed by atoms with Crippen molar-refractivity contribution in [1.82, 2.24) is 0 Å². The van der Waals surface area contributed by atoms with Crippen LogP contribution in [0.3, 0.4) is 0 Å². The van der Waals surface area contributed by atoms with Crippen LogP contribution in [0.25, 0.3) is 0 Å². The van der Waals surface area contributed by atoms with E-state index in [1.165, 1.54) is 0 Å². The zero-order valence-electron chi connectivity index (χ0n) is 10.6. The summed E-state index contributed by atoms with van der Waals surface area (Å²) in [5, 5.41) is 9.78. The molecule has 20 heavy (non-hydrogen) atoms. The first-order valence-electron chi connectivity index (χ1n) is 6.14. The number of ketones is 1. The molecule has 0 aliphatic carbocycles. The van der Waals surface area contributed by atoms with Crippen LogP contribution in [0.1, 0.15) is 28.3 Å². The molecular weight excluding hydrogens is 276 g/mol. The summed E-state index contributed by atoms with van der Waals surface area (Å²) in [6, 6.07) is 15.3. The number of benzene rings is 2. The minimum absolute atomic E-state index is 0.0836. The molecule has 0 fully saturated rings. The van der Waals surface area contributed by atoms with E-state index >= 15 is 0 Å². The third kappa shape index (κ3) is 3.45. The summed E-state index contributed by atoms with van der Waals surface area (Å²) < 4.78 is 0. The number of carboxylic acids is 1. The zero-order valence-corrected chi connectivity index (χ0v) is 11.4. The van der Waals surface area contributed by atoms with Crippen LogP contribution in [0.2, 0.25) is 5.02 Å². The number of hydrogen-bond donors (Lipinski definition) is 1. The summed E-state index contributed by atoms with van der Waals surface area (Å²) in [5.74, 6) is -2.11. The van der Waals surface area contributed by atoms with E-state index in [0.29, 0.717) is 16.1 Å². The number of carboxylic acid groups (broad SMARTS) is 1. The van der Waals surface area contributed by atoms with E-state index in [4.69, 9.17) is 11.6 Å². The smallest absolute Gasteiger partial charge is 0.311 e. The van der Waals surface area contributed by atoms with Gasteiger partial charge in [-0.1, -0.05) is 54.1 Å². The Morgan fingerprint density at radius 3 is 2.35 bits per heavy atom. The van der Waals surface area contributed by atoms with E-state index in [9.17, 15) is 14.7 Å². The van der Waals surface area contributed by atoms with Crippen molar-refractivity contribution in [2.75, 3.05) is 0 Å². The Bertz CT molecular complexity index is 623. The van der Waals surface area contributed by atoms with Crippen LogP contribution < -0.4 is 0 Å². The van der Waals surface area contributed by atoms with Gasteiger partial charge in [0.1, 0.15) is 0 Å². The zero-order chi connectivity index (χ0) is 14.5. The lowest BCUT2D eigenvalue weighted by atomic mass is 9.92. The summed E-state index contributed by atoms with van der Waals surface area (Å²) >= 11 is 5.87. The van der Waals surface area contributed by atoms with E-state index in [2.05, 4.69) is 0 Å². The average molecular weight is 289 g/mol. The summed E-state index contributed by atoms with van der Waals surface area (Å²) in [4.78, 5) is 23.5. The number of halogens is 1. The molecule has 2 aromatic carbocycles. The Labute approximate surface area is 121 Å². The Morgan fingerprint density at radius 1 is 1.05 bits per heavy atom. The van der Waals surface area contributed by atoms with Gasteiger partial charge in [-0.05, 0) is 17.7 Å². The monoisotopic (exact) mass is 288 g/mol. The second-order valence-electron chi connectivity index (χ2n) is 4.44. The summed E-state index contributed by atoms with van der Waals surface area (Å²) in [6.45, 7) is 0. The molecule has 1 atom stereocenters. The molecule has 2 aromatic rings.